The molecule has 0 saturated carbocycles. The Balaban J connectivity index is 1.90. The molecular weight excluding hydrogens is 241 g/mol. The summed E-state index contributed by atoms with van der Waals surface area (Å²) in [5.74, 6) is 0.201. The minimum atomic E-state index is -0.259. The van der Waals surface area contributed by atoms with Crippen LogP contribution >= 0.6 is 0 Å². The Morgan fingerprint density at radius 2 is 2.16 bits per heavy atom. The molecule has 1 aromatic rings. The Labute approximate surface area is 114 Å². The zero-order valence-corrected chi connectivity index (χ0v) is 11.9. The lowest BCUT2D eigenvalue weighted by Gasteiger charge is -2.23. The van der Waals surface area contributed by atoms with E-state index >= 15 is 0 Å². The molecule has 0 spiro atoms. The number of rotatable bonds is 5. The highest BCUT2D eigenvalue weighted by Gasteiger charge is 2.24. The molecule has 1 aliphatic heterocycles. The van der Waals surface area contributed by atoms with E-state index in [-0.39, 0.29) is 5.82 Å². The highest BCUT2D eigenvalue weighted by molar-refractivity contribution is 6.00. The molecule has 0 atom stereocenters. The Morgan fingerprint density at radius 1 is 1.42 bits per heavy atom. The fraction of sp³-hybridized carbons (Fsp3) is 0.533. The summed E-state index contributed by atoms with van der Waals surface area (Å²) in [6.45, 7) is 6.96. The van der Waals surface area contributed by atoms with Crippen molar-refractivity contribution in [3.63, 3.8) is 0 Å². The van der Waals surface area contributed by atoms with Crippen molar-refractivity contribution in [2.24, 2.45) is 0 Å². The van der Waals surface area contributed by atoms with Gasteiger partial charge in [0.15, 0.2) is 0 Å². The standard InChI is InChI=1S/C15H22FN3/c1-11(2)18(3)7-4-8-19-10-12-5-6-13(16)9-14(12)15(19)17/h5-6,9,11,17H,4,7-8,10H2,1-3H3. The van der Waals surface area contributed by atoms with Crippen molar-refractivity contribution >= 4 is 5.84 Å². The van der Waals surface area contributed by atoms with Gasteiger partial charge in [-0.1, -0.05) is 6.07 Å². The van der Waals surface area contributed by atoms with Crippen LogP contribution in [0.2, 0.25) is 0 Å². The van der Waals surface area contributed by atoms with E-state index in [4.69, 9.17) is 5.41 Å². The first-order valence-corrected chi connectivity index (χ1v) is 6.81. The van der Waals surface area contributed by atoms with Crippen LogP contribution in [0.25, 0.3) is 0 Å². The summed E-state index contributed by atoms with van der Waals surface area (Å²) >= 11 is 0. The van der Waals surface area contributed by atoms with Crippen molar-refractivity contribution < 1.29 is 4.39 Å². The van der Waals surface area contributed by atoms with Crippen LogP contribution in [0.5, 0.6) is 0 Å². The molecule has 0 saturated heterocycles. The van der Waals surface area contributed by atoms with Gasteiger partial charge in [0, 0.05) is 24.7 Å². The Hall–Kier alpha value is -1.42. The van der Waals surface area contributed by atoms with Gasteiger partial charge in [-0.25, -0.2) is 4.39 Å². The average Bonchev–Trinajstić information content (AvgIpc) is 2.66. The quantitative estimate of drug-likeness (QED) is 0.885. The summed E-state index contributed by atoms with van der Waals surface area (Å²) in [7, 11) is 2.12. The van der Waals surface area contributed by atoms with Crippen LogP contribution in [-0.4, -0.2) is 41.8 Å². The molecule has 0 unspecified atom stereocenters. The number of nitrogens with zero attached hydrogens (tertiary/aromatic N) is 2. The maximum atomic E-state index is 13.2. The van der Waals surface area contributed by atoms with Crippen LogP contribution in [0.4, 0.5) is 4.39 Å². The van der Waals surface area contributed by atoms with Crippen LogP contribution < -0.4 is 0 Å². The van der Waals surface area contributed by atoms with Gasteiger partial charge in [-0.3, -0.25) is 5.41 Å². The molecule has 1 aromatic carbocycles. The monoisotopic (exact) mass is 263 g/mol. The number of hydrogen-bond acceptors (Lipinski definition) is 2. The van der Waals surface area contributed by atoms with Crippen molar-refractivity contribution in [3.8, 4) is 0 Å². The van der Waals surface area contributed by atoms with Crippen molar-refractivity contribution in [1.82, 2.24) is 9.80 Å². The summed E-state index contributed by atoms with van der Waals surface area (Å²) < 4.78 is 13.2. The highest BCUT2D eigenvalue weighted by atomic mass is 19.1. The number of hydrogen-bond donors (Lipinski definition) is 1. The number of fused-ring (bicyclic) bond motifs is 1. The van der Waals surface area contributed by atoms with Crippen molar-refractivity contribution in [2.45, 2.75) is 32.9 Å². The number of nitrogens with one attached hydrogen (secondary N) is 1. The minimum absolute atomic E-state index is 0.259. The summed E-state index contributed by atoms with van der Waals surface area (Å²) in [5.41, 5.74) is 1.81. The van der Waals surface area contributed by atoms with Crippen LogP contribution in [0, 0.1) is 11.2 Å². The van der Waals surface area contributed by atoms with E-state index in [2.05, 4.69) is 25.8 Å². The van der Waals surface area contributed by atoms with E-state index in [1.807, 2.05) is 4.90 Å². The molecule has 0 aliphatic carbocycles. The van der Waals surface area contributed by atoms with Gasteiger partial charge in [-0.2, -0.15) is 0 Å². The molecule has 1 N–H and O–H groups in total. The molecule has 1 heterocycles. The highest BCUT2D eigenvalue weighted by Crippen LogP contribution is 2.23. The minimum Gasteiger partial charge on any atom is -0.352 e. The summed E-state index contributed by atoms with van der Waals surface area (Å²) in [6, 6.07) is 5.28. The Kier molecular flexibility index (Phi) is 4.20. The zero-order chi connectivity index (χ0) is 14.0. The third-order valence-electron chi connectivity index (χ3n) is 3.82. The van der Waals surface area contributed by atoms with Gasteiger partial charge in [-0.15, -0.1) is 0 Å². The van der Waals surface area contributed by atoms with E-state index in [9.17, 15) is 4.39 Å². The number of amidine groups is 1. The predicted octanol–water partition coefficient (Wildman–Crippen LogP) is 2.70. The molecular formula is C15H22FN3. The molecule has 0 amide bonds. The van der Waals surface area contributed by atoms with E-state index in [1.54, 1.807) is 6.07 Å². The first kappa shape index (κ1) is 14.0. The van der Waals surface area contributed by atoms with Crippen LogP contribution in [-0.2, 0) is 6.54 Å². The molecule has 0 fully saturated rings. The molecule has 1 aliphatic rings. The summed E-state index contributed by atoms with van der Waals surface area (Å²) in [4.78, 5) is 4.32. The normalized spacial score (nSPS) is 14.6. The fourth-order valence-corrected chi connectivity index (χ4v) is 2.32. The van der Waals surface area contributed by atoms with Gasteiger partial charge in [0.2, 0.25) is 0 Å². The van der Waals surface area contributed by atoms with Gasteiger partial charge < -0.3 is 9.80 Å². The maximum absolute atomic E-state index is 13.2. The van der Waals surface area contributed by atoms with Gasteiger partial charge in [-0.05, 0) is 51.6 Å². The van der Waals surface area contributed by atoms with E-state index in [0.717, 1.165) is 37.2 Å². The van der Waals surface area contributed by atoms with Gasteiger partial charge in [0.1, 0.15) is 11.7 Å². The number of benzene rings is 1. The molecule has 0 radical (unpaired) electrons. The topological polar surface area (TPSA) is 30.3 Å². The van der Waals surface area contributed by atoms with Crippen LogP contribution in [0.15, 0.2) is 18.2 Å². The molecule has 3 nitrogen and oxygen atoms in total. The van der Waals surface area contributed by atoms with E-state index in [1.165, 1.54) is 12.1 Å². The second-order valence-electron chi connectivity index (χ2n) is 5.50. The van der Waals surface area contributed by atoms with Crippen molar-refractivity contribution in [2.75, 3.05) is 20.1 Å². The third kappa shape index (κ3) is 3.13. The summed E-state index contributed by atoms with van der Waals surface area (Å²) in [5, 5.41) is 8.10. The third-order valence-corrected chi connectivity index (χ3v) is 3.82. The van der Waals surface area contributed by atoms with E-state index < -0.39 is 0 Å². The van der Waals surface area contributed by atoms with Gasteiger partial charge in [0.25, 0.3) is 0 Å². The molecule has 2 rings (SSSR count). The molecule has 104 valence electrons. The molecule has 19 heavy (non-hydrogen) atoms. The fourth-order valence-electron chi connectivity index (χ4n) is 2.32. The average molecular weight is 263 g/mol. The Bertz CT molecular complexity index is 470. The first-order valence-electron chi connectivity index (χ1n) is 6.81. The SMILES string of the molecule is CC(C)N(C)CCCN1Cc2ccc(F)cc2C1=N. The van der Waals surface area contributed by atoms with Crippen molar-refractivity contribution in [3.05, 3.63) is 35.1 Å². The van der Waals surface area contributed by atoms with Gasteiger partial charge in [0.05, 0.1) is 0 Å². The molecule has 0 aromatic heterocycles. The van der Waals surface area contributed by atoms with Crippen molar-refractivity contribution in [1.29, 1.82) is 5.41 Å². The smallest absolute Gasteiger partial charge is 0.128 e. The summed E-state index contributed by atoms with van der Waals surface area (Å²) in [6.07, 6.45) is 1.02. The molecule has 0 bridgehead atoms. The lowest BCUT2D eigenvalue weighted by Crippen LogP contribution is -2.31. The second kappa shape index (κ2) is 5.70. The largest absolute Gasteiger partial charge is 0.352 e. The predicted molar refractivity (Wildman–Crippen MR) is 76.0 cm³/mol. The lowest BCUT2D eigenvalue weighted by atomic mass is 10.1. The maximum Gasteiger partial charge on any atom is 0.128 e. The lowest BCUT2D eigenvalue weighted by molar-refractivity contribution is 0.258. The van der Waals surface area contributed by atoms with Crippen LogP contribution in [0.1, 0.15) is 31.4 Å². The molecule has 4 heteroatoms. The zero-order valence-electron chi connectivity index (χ0n) is 11.9. The first-order chi connectivity index (χ1) is 8.99. The van der Waals surface area contributed by atoms with Gasteiger partial charge >= 0.3 is 0 Å². The second-order valence-corrected chi connectivity index (χ2v) is 5.50. The van der Waals surface area contributed by atoms with Crippen LogP contribution in [0.3, 0.4) is 0 Å². The Morgan fingerprint density at radius 3 is 2.84 bits per heavy atom. The van der Waals surface area contributed by atoms with E-state index in [0.29, 0.717) is 11.9 Å². The number of halogens is 1.